The minimum Gasteiger partial charge on any atom is -0.307 e. The molecule has 0 unspecified atom stereocenters. The van der Waals surface area contributed by atoms with Gasteiger partial charge in [-0.3, -0.25) is 20.2 Å². The minimum absolute atomic E-state index is 0.0247. The number of carbonyl (C=O) groups excluding carboxylic acids is 4. The van der Waals surface area contributed by atoms with Crippen molar-refractivity contribution in [3.05, 3.63) is 70.8 Å². The van der Waals surface area contributed by atoms with Gasteiger partial charge >= 0.3 is 12.1 Å². The Kier molecular flexibility index (Phi) is 13.2. The predicted molar refractivity (Wildman–Crippen MR) is 206 cm³/mol. The van der Waals surface area contributed by atoms with Crippen molar-refractivity contribution in [2.75, 3.05) is 33.8 Å². The lowest BCUT2D eigenvalue weighted by atomic mass is 9.95. The Morgan fingerprint density at radius 3 is 1.48 bits per heavy atom. The van der Waals surface area contributed by atoms with Gasteiger partial charge in [-0.1, -0.05) is 60.0 Å². The Morgan fingerprint density at radius 1 is 0.667 bits per heavy atom. The second-order valence-electron chi connectivity index (χ2n) is 12.7. The first-order chi connectivity index (χ1) is 25.5. The van der Waals surface area contributed by atoms with E-state index in [0.717, 1.165) is 105 Å². The normalized spacial score (nSPS) is 14.9. The Balaban J connectivity index is 0.000000208. The van der Waals surface area contributed by atoms with Gasteiger partial charge in [-0.15, -0.1) is 0 Å². The highest BCUT2D eigenvalue weighted by Crippen LogP contribution is 2.33. The molecular weight excluding hydrogens is 803 g/mol. The van der Waals surface area contributed by atoms with Crippen molar-refractivity contribution >= 4 is 99.2 Å². The van der Waals surface area contributed by atoms with Crippen LogP contribution in [0.25, 0.3) is 0 Å². The number of benzene rings is 2. The van der Waals surface area contributed by atoms with Crippen LogP contribution >= 0.6 is 34.3 Å². The van der Waals surface area contributed by atoms with Gasteiger partial charge in [0.15, 0.2) is 41.5 Å². The number of amides is 4. The number of hydrogen-bond donors (Lipinski definition) is 4. The third kappa shape index (κ3) is 10.9. The topological polar surface area (TPSA) is 210 Å². The van der Waals surface area contributed by atoms with E-state index in [-0.39, 0.29) is 53.3 Å². The van der Waals surface area contributed by atoms with Crippen molar-refractivity contribution in [3.8, 4) is 0 Å². The Morgan fingerprint density at radius 2 is 1.07 bits per heavy atom. The van der Waals surface area contributed by atoms with Gasteiger partial charge in [0, 0.05) is 40.5 Å². The average Bonchev–Trinajstić information content (AvgIpc) is 3.93. The number of ketones is 2. The van der Waals surface area contributed by atoms with Crippen molar-refractivity contribution in [2.24, 2.45) is 11.8 Å². The molecule has 2 heterocycles. The number of hydrogen-bond acceptors (Lipinski definition) is 12. The monoisotopic (exact) mass is 838 g/mol. The zero-order chi connectivity index (χ0) is 39.2. The van der Waals surface area contributed by atoms with Crippen LogP contribution in [0.1, 0.15) is 72.1 Å². The molecule has 2 aromatic carbocycles. The molecule has 0 bridgehead atoms. The SMILES string of the molecule is CS(=O)(=O)c1cnc(NC(=O)Nc2ccc(Cl)cc2C(=O)C2CCCC2)s1.CS(=O)(=O)c1cnc(NC(=O)Nc2ccc(F)cc2C(=O)C2CCCC2)s1. The highest BCUT2D eigenvalue weighted by molar-refractivity contribution is 7.93. The molecule has 2 aromatic heterocycles. The van der Waals surface area contributed by atoms with Crippen molar-refractivity contribution in [2.45, 2.75) is 59.8 Å². The molecule has 4 aromatic rings. The number of halogens is 2. The largest absolute Gasteiger partial charge is 0.325 e. The molecule has 6 rings (SSSR count). The van der Waals surface area contributed by atoms with Crippen LogP contribution in [-0.2, 0) is 19.7 Å². The van der Waals surface area contributed by atoms with Crippen LogP contribution in [0.15, 0.2) is 57.2 Å². The summed E-state index contributed by atoms with van der Waals surface area (Å²) in [5.41, 5.74) is 1.06. The minimum atomic E-state index is -3.41. The zero-order valence-corrected chi connectivity index (χ0v) is 33.0. The van der Waals surface area contributed by atoms with Crippen molar-refractivity contribution in [3.63, 3.8) is 0 Å². The van der Waals surface area contributed by atoms with Crippen LogP contribution < -0.4 is 21.3 Å². The summed E-state index contributed by atoms with van der Waals surface area (Å²) in [7, 11) is -6.79. The summed E-state index contributed by atoms with van der Waals surface area (Å²) in [4.78, 5) is 57.6. The maximum Gasteiger partial charge on any atom is 0.325 e. The smallest absolute Gasteiger partial charge is 0.307 e. The summed E-state index contributed by atoms with van der Waals surface area (Å²) in [5.74, 6) is -0.982. The van der Waals surface area contributed by atoms with E-state index in [2.05, 4.69) is 31.2 Å². The molecule has 4 N–H and O–H groups in total. The maximum absolute atomic E-state index is 13.6. The van der Waals surface area contributed by atoms with Crippen LogP contribution in [-0.4, -0.2) is 62.9 Å². The number of carbonyl (C=O) groups is 4. The van der Waals surface area contributed by atoms with E-state index >= 15 is 0 Å². The van der Waals surface area contributed by atoms with Gasteiger partial charge in [0.05, 0.1) is 23.8 Å². The number of rotatable bonds is 10. The summed E-state index contributed by atoms with van der Waals surface area (Å²) in [6, 6.07) is 7.03. The van der Waals surface area contributed by atoms with Gasteiger partial charge in [0.2, 0.25) is 0 Å². The molecule has 54 heavy (non-hydrogen) atoms. The van der Waals surface area contributed by atoms with E-state index in [1.54, 1.807) is 18.2 Å². The van der Waals surface area contributed by atoms with Crippen LogP contribution in [0, 0.1) is 17.7 Å². The number of sulfone groups is 2. The number of nitrogens with one attached hydrogen (secondary N) is 4. The third-order valence-electron chi connectivity index (χ3n) is 8.58. The van der Waals surface area contributed by atoms with Crippen LogP contribution in [0.4, 0.5) is 35.6 Å². The second-order valence-corrected chi connectivity index (χ2v) is 19.7. The van der Waals surface area contributed by atoms with E-state index in [0.29, 0.717) is 16.3 Å². The lowest BCUT2D eigenvalue weighted by Gasteiger charge is -2.14. The molecule has 2 saturated carbocycles. The molecule has 2 fully saturated rings. The van der Waals surface area contributed by atoms with Gasteiger partial charge in [-0.05, 0) is 62.1 Å². The van der Waals surface area contributed by atoms with Crippen LogP contribution in [0.5, 0.6) is 0 Å². The summed E-state index contributed by atoms with van der Waals surface area (Å²) in [5, 5.41) is 10.7. The molecular formula is C34H36ClFN6O8S4. The summed E-state index contributed by atoms with van der Waals surface area (Å²) < 4.78 is 59.7. The maximum atomic E-state index is 13.6. The summed E-state index contributed by atoms with van der Waals surface area (Å²) in [6.45, 7) is 0. The first kappa shape index (κ1) is 40.9. The second kappa shape index (κ2) is 17.4. The first-order valence-corrected chi connectivity index (χ1v) is 22.4. The molecule has 0 spiro atoms. The van der Waals surface area contributed by atoms with Gasteiger partial charge in [0.25, 0.3) is 0 Å². The molecule has 14 nitrogen and oxygen atoms in total. The fourth-order valence-electron chi connectivity index (χ4n) is 5.95. The van der Waals surface area contributed by atoms with Crippen molar-refractivity contribution in [1.82, 2.24) is 9.97 Å². The number of Topliss-reactive ketones (excluding diaryl/α,β-unsaturated/α-hetero) is 2. The van der Waals surface area contributed by atoms with Gasteiger partial charge in [-0.25, -0.2) is 40.8 Å². The van der Waals surface area contributed by atoms with E-state index in [1.165, 1.54) is 12.3 Å². The Hall–Kier alpha value is -4.30. The van der Waals surface area contributed by atoms with Crippen molar-refractivity contribution < 1.29 is 40.4 Å². The van der Waals surface area contributed by atoms with Gasteiger partial charge in [-0.2, -0.15) is 0 Å². The molecule has 0 atom stereocenters. The molecule has 2 aliphatic carbocycles. The Labute approximate surface area is 324 Å². The quantitative estimate of drug-likeness (QED) is 0.113. The predicted octanol–water partition coefficient (Wildman–Crippen LogP) is 7.92. The van der Waals surface area contributed by atoms with E-state index < -0.39 is 37.6 Å². The number of aromatic nitrogens is 2. The molecule has 0 aliphatic heterocycles. The lowest BCUT2D eigenvalue weighted by Crippen LogP contribution is -2.22. The molecule has 2 aliphatic rings. The fraction of sp³-hybridized carbons (Fsp3) is 0.353. The van der Waals surface area contributed by atoms with Gasteiger partial charge in [0.1, 0.15) is 14.2 Å². The molecule has 0 radical (unpaired) electrons. The average molecular weight is 839 g/mol. The standard InChI is InChI=1S/C17H18ClN3O4S2.C17H18FN3O4S2/c2*1-27(24,25)14-9-19-17(26-14)21-16(23)20-13-7-6-11(18)8-12(13)15(22)10-4-2-3-5-10/h2*6-10H,2-5H2,1H3,(H2,19,20,21,23). The van der Waals surface area contributed by atoms with E-state index in [4.69, 9.17) is 11.6 Å². The first-order valence-electron chi connectivity index (χ1n) is 16.6. The Bertz CT molecular complexity index is 2130. The number of urea groups is 2. The van der Waals surface area contributed by atoms with Gasteiger partial charge < -0.3 is 10.6 Å². The summed E-state index contributed by atoms with van der Waals surface area (Å²) in [6.07, 6.45) is 11.6. The molecule has 4 amide bonds. The third-order valence-corrected chi connectivity index (χ3v) is 14.2. The fourth-order valence-corrected chi connectivity index (χ4v) is 9.39. The molecule has 20 heteroatoms. The number of thiazole rings is 2. The number of nitrogens with zero attached hydrogens (tertiary/aromatic N) is 2. The molecule has 288 valence electrons. The van der Waals surface area contributed by atoms with Crippen LogP contribution in [0.3, 0.4) is 0 Å². The number of anilines is 4. The highest BCUT2D eigenvalue weighted by Gasteiger charge is 2.28. The van der Waals surface area contributed by atoms with E-state index in [9.17, 15) is 40.4 Å². The lowest BCUT2D eigenvalue weighted by molar-refractivity contribution is 0.0916. The van der Waals surface area contributed by atoms with Crippen molar-refractivity contribution in [1.29, 1.82) is 0 Å². The zero-order valence-electron chi connectivity index (χ0n) is 29.0. The van der Waals surface area contributed by atoms with Crippen LogP contribution in [0.2, 0.25) is 5.02 Å². The summed E-state index contributed by atoms with van der Waals surface area (Å²) >= 11 is 7.70. The van der Waals surface area contributed by atoms with E-state index in [1.807, 2.05) is 0 Å². The molecule has 0 saturated heterocycles. The highest BCUT2D eigenvalue weighted by atomic mass is 35.5.